The Bertz CT molecular complexity index is 209. The molecule has 0 aromatic heterocycles. The number of rotatable bonds is 4. The van der Waals surface area contributed by atoms with Gasteiger partial charge in [0.05, 0.1) is 0 Å². The number of aliphatic carboxylic acids is 1. The molecule has 1 atom stereocenters. The van der Waals surface area contributed by atoms with Crippen molar-refractivity contribution in [3.63, 3.8) is 0 Å². The van der Waals surface area contributed by atoms with E-state index in [-0.39, 0.29) is 5.92 Å². The summed E-state index contributed by atoms with van der Waals surface area (Å²) >= 11 is 0. The Morgan fingerprint density at radius 2 is 2.00 bits per heavy atom. The molecule has 82 valence electrons. The third kappa shape index (κ3) is 2.27. The van der Waals surface area contributed by atoms with E-state index >= 15 is 0 Å². The van der Waals surface area contributed by atoms with Crippen molar-refractivity contribution in [1.82, 2.24) is 0 Å². The number of carboxylic acid groups (broad SMARTS) is 1. The first-order valence-corrected chi connectivity index (χ1v) is 5.49. The van der Waals surface area contributed by atoms with E-state index in [0.29, 0.717) is 12.3 Å². The molecule has 0 bridgehead atoms. The predicted molar refractivity (Wildman–Crippen MR) is 56.0 cm³/mol. The molecule has 0 aromatic carbocycles. The smallest absolute Gasteiger partial charge is 0.323 e. The second-order valence-electron chi connectivity index (χ2n) is 4.92. The zero-order valence-corrected chi connectivity index (χ0v) is 9.12. The third-order valence-electron chi connectivity index (χ3n) is 3.23. The highest BCUT2D eigenvalue weighted by Gasteiger charge is 2.43. The molecule has 1 unspecified atom stereocenters. The van der Waals surface area contributed by atoms with Crippen molar-refractivity contribution in [3.8, 4) is 0 Å². The molecule has 1 fully saturated rings. The van der Waals surface area contributed by atoms with Crippen molar-refractivity contribution in [1.29, 1.82) is 0 Å². The molecule has 0 amide bonds. The summed E-state index contributed by atoms with van der Waals surface area (Å²) in [7, 11) is 0. The lowest BCUT2D eigenvalue weighted by Gasteiger charge is -2.32. The first kappa shape index (κ1) is 11.5. The molecule has 1 rings (SSSR count). The van der Waals surface area contributed by atoms with Crippen LogP contribution in [0.25, 0.3) is 0 Å². The van der Waals surface area contributed by atoms with E-state index in [1.54, 1.807) is 0 Å². The summed E-state index contributed by atoms with van der Waals surface area (Å²) in [5, 5.41) is 9.22. The Morgan fingerprint density at radius 1 is 1.50 bits per heavy atom. The highest BCUT2D eigenvalue weighted by atomic mass is 16.4. The molecule has 0 heterocycles. The molecule has 1 aliphatic rings. The Balaban J connectivity index is 2.74. The van der Waals surface area contributed by atoms with Crippen LogP contribution in [0.2, 0.25) is 0 Å². The molecular weight excluding hydrogens is 178 g/mol. The van der Waals surface area contributed by atoms with E-state index in [4.69, 9.17) is 5.73 Å². The van der Waals surface area contributed by atoms with Gasteiger partial charge in [-0.2, -0.15) is 0 Å². The fourth-order valence-electron chi connectivity index (χ4n) is 2.55. The van der Waals surface area contributed by atoms with Gasteiger partial charge in [0, 0.05) is 0 Å². The predicted octanol–water partition coefficient (Wildman–Crippen LogP) is 2.00. The number of nitrogens with two attached hydrogens (primary N) is 1. The van der Waals surface area contributed by atoms with E-state index in [1.165, 1.54) is 0 Å². The minimum Gasteiger partial charge on any atom is -0.480 e. The summed E-state index contributed by atoms with van der Waals surface area (Å²) in [6.07, 6.45) is 4.82. The first-order valence-electron chi connectivity index (χ1n) is 5.49. The lowest BCUT2D eigenvalue weighted by atomic mass is 9.77. The van der Waals surface area contributed by atoms with Crippen LogP contribution in [0, 0.1) is 11.8 Å². The summed E-state index contributed by atoms with van der Waals surface area (Å²) in [5.41, 5.74) is 5.07. The summed E-state index contributed by atoms with van der Waals surface area (Å²) in [5.74, 6) is -0.294. The van der Waals surface area contributed by atoms with Crippen LogP contribution in [0.1, 0.15) is 46.0 Å². The van der Waals surface area contributed by atoms with Gasteiger partial charge in [-0.25, -0.2) is 0 Å². The Kier molecular flexibility index (Phi) is 3.53. The second kappa shape index (κ2) is 4.30. The van der Waals surface area contributed by atoms with Crippen LogP contribution in [-0.2, 0) is 4.79 Å². The maximum atomic E-state index is 11.2. The van der Waals surface area contributed by atoms with Crippen LogP contribution in [0.15, 0.2) is 0 Å². The molecule has 3 N–H and O–H groups in total. The van der Waals surface area contributed by atoms with Gasteiger partial charge in [-0.1, -0.05) is 26.7 Å². The number of carbonyl (C=O) groups is 1. The lowest BCUT2D eigenvalue weighted by Crippen LogP contribution is -2.54. The lowest BCUT2D eigenvalue weighted by molar-refractivity contribution is -0.146. The van der Waals surface area contributed by atoms with E-state index in [9.17, 15) is 9.90 Å². The molecule has 1 saturated carbocycles. The second-order valence-corrected chi connectivity index (χ2v) is 4.92. The van der Waals surface area contributed by atoms with Gasteiger partial charge in [0.25, 0.3) is 0 Å². The van der Waals surface area contributed by atoms with Crippen molar-refractivity contribution in [2.24, 2.45) is 17.6 Å². The van der Waals surface area contributed by atoms with Gasteiger partial charge in [-0.3, -0.25) is 4.79 Å². The SMILES string of the molecule is CC(C)CC(N)(C(=O)O)C1CCCC1. The van der Waals surface area contributed by atoms with Gasteiger partial charge in [-0.05, 0) is 31.1 Å². The van der Waals surface area contributed by atoms with Gasteiger partial charge in [0.1, 0.15) is 5.54 Å². The van der Waals surface area contributed by atoms with Crippen molar-refractivity contribution in [3.05, 3.63) is 0 Å². The fourth-order valence-corrected chi connectivity index (χ4v) is 2.55. The molecule has 0 aliphatic heterocycles. The summed E-state index contributed by atoms with van der Waals surface area (Å²) < 4.78 is 0. The molecule has 1 aliphatic carbocycles. The molecule has 0 saturated heterocycles. The third-order valence-corrected chi connectivity index (χ3v) is 3.23. The molecule has 3 nitrogen and oxygen atoms in total. The molecule has 3 heteroatoms. The van der Waals surface area contributed by atoms with E-state index in [0.717, 1.165) is 25.7 Å². The molecular formula is C11H21NO2. The van der Waals surface area contributed by atoms with Crippen molar-refractivity contribution >= 4 is 5.97 Å². The fraction of sp³-hybridized carbons (Fsp3) is 0.909. The van der Waals surface area contributed by atoms with Crippen LogP contribution < -0.4 is 5.73 Å². The summed E-state index contributed by atoms with van der Waals surface area (Å²) in [6.45, 7) is 4.05. The topological polar surface area (TPSA) is 63.3 Å². The Morgan fingerprint density at radius 3 is 2.36 bits per heavy atom. The standard InChI is InChI=1S/C11H21NO2/c1-8(2)7-11(12,10(13)14)9-5-3-4-6-9/h8-9H,3-7,12H2,1-2H3,(H,13,14). The van der Waals surface area contributed by atoms with Gasteiger partial charge >= 0.3 is 5.97 Å². The molecule has 14 heavy (non-hydrogen) atoms. The monoisotopic (exact) mass is 199 g/mol. The molecule has 0 aromatic rings. The molecule has 0 spiro atoms. The molecule has 0 radical (unpaired) electrons. The maximum absolute atomic E-state index is 11.2. The van der Waals surface area contributed by atoms with Crippen LogP contribution in [0.3, 0.4) is 0 Å². The highest BCUT2D eigenvalue weighted by Crippen LogP contribution is 2.36. The average molecular weight is 199 g/mol. The van der Waals surface area contributed by atoms with Crippen LogP contribution in [-0.4, -0.2) is 16.6 Å². The quantitative estimate of drug-likeness (QED) is 0.728. The Hall–Kier alpha value is -0.570. The van der Waals surface area contributed by atoms with Crippen molar-refractivity contribution in [2.75, 3.05) is 0 Å². The van der Waals surface area contributed by atoms with Gasteiger partial charge in [0.15, 0.2) is 0 Å². The number of carboxylic acids is 1. The highest BCUT2D eigenvalue weighted by molar-refractivity contribution is 5.79. The largest absolute Gasteiger partial charge is 0.480 e. The van der Waals surface area contributed by atoms with E-state index in [1.807, 2.05) is 13.8 Å². The number of hydrogen-bond acceptors (Lipinski definition) is 2. The maximum Gasteiger partial charge on any atom is 0.323 e. The normalized spacial score (nSPS) is 22.6. The van der Waals surface area contributed by atoms with Gasteiger partial charge in [0.2, 0.25) is 0 Å². The number of hydrogen-bond donors (Lipinski definition) is 2. The average Bonchev–Trinajstić information content (AvgIpc) is 2.53. The van der Waals surface area contributed by atoms with E-state index < -0.39 is 11.5 Å². The van der Waals surface area contributed by atoms with Crippen LogP contribution in [0.4, 0.5) is 0 Å². The van der Waals surface area contributed by atoms with Gasteiger partial charge in [-0.15, -0.1) is 0 Å². The van der Waals surface area contributed by atoms with E-state index in [2.05, 4.69) is 0 Å². The minimum absolute atomic E-state index is 0.183. The van der Waals surface area contributed by atoms with Crippen LogP contribution in [0.5, 0.6) is 0 Å². The zero-order chi connectivity index (χ0) is 10.8. The summed E-state index contributed by atoms with van der Waals surface area (Å²) in [6, 6.07) is 0. The Labute approximate surface area is 85.7 Å². The zero-order valence-electron chi connectivity index (χ0n) is 9.12. The van der Waals surface area contributed by atoms with Crippen molar-refractivity contribution < 1.29 is 9.90 Å². The van der Waals surface area contributed by atoms with Crippen molar-refractivity contribution in [2.45, 2.75) is 51.5 Å². The van der Waals surface area contributed by atoms with Crippen LogP contribution >= 0.6 is 0 Å². The minimum atomic E-state index is -0.981. The van der Waals surface area contributed by atoms with Gasteiger partial charge < -0.3 is 10.8 Å². The summed E-state index contributed by atoms with van der Waals surface area (Å²) in [4.78, 5) is 11.2. The first-order chi connectivity index (χ1) is 6.47.